The van der Waals surface area contributed by atoms with E-state index in [0.717, 1.165) is 11.0 Å². The molecule has 2 N–H and O–H groups in total. The van der Waals surface area contributed by atoms with Crippen LogP contribution in [0, 0.1) is 0 Å². The van der Waals surface area contributed by atoms with E-state index in [-0.39, 0.29) is 0 Å². The highest BCUT2D eigenvalue weighted by molar-refractivity contribution is 5.78. The maximum absolute atomic E-state index is 11.2. The number of nitrogens with zero attached hydrogens (tertiary/aromatic N) is 3. The predicted molar refractivity (Wildman–Crippen MR) is 82.3 cm³/mol. The van der Waals surface area contributed by atoms with Crippen molar-refractivity contribution in [3.63, 3.8) is 0 Å². The van der Waals surface area contributed by atoms with Crippen LogP contribution in [0.2, 0.25) is 0 Å². The van der Waals surface area contributed by atoms with Crippen molar-refractivity contribution in [3.8, 4) is 5.88 Å². The van der Waals surface area contributed by atoms with Gasteiger partial charge in [-0.05, 0) is 19.1 Å². The molecule has 2 aromatic rings. The largest absolute Gasteiger partial charge is 0.480 e. The molecule has 1 fully saturated rings. The highest BCUT2D eigenvalue weighted by Crippen LogP contribution is 2.27. The van der Waals surface area contributed by atoms with Crippen LogP contribution in [-0.4, -0.2) is 53.3 Å². The first-order chi connectivity index (χ1) is 10.7. The second-order valence-electron chi connectivity index (χ2n) is 5.07. The van der Waals surface area contributed by atoms with Crippen molar-refractivity contribution in [1.82, 2.24) is 15.3 Å². The summed E-state index contributed by atoms with van der Waals surface area (Å²) in [5, 5.41) is 12.2. The van der Waals surface area contributed by atoms with E-state index in [1.165, 1.54) is 0 Å². The highest BCUT2D eigenvalue weighted by Gasteiger charge is 2.28. The topological polar surface area (TPSA) is 87.6 Å². The van der Waals surface area contributed by atoms with Crippen LogP contribution in [-0.2, 0) is 4.79 Å². The van der Waals surface area contributed by atoms with Gasteiger partial charge in [0.25, 0.3) is 5.88 Å². The molecule has 2 heterocycles. The summed E-state index contributed by atoms with van der Waals surface area (Å²) in [4.78, 5) is 22.3. The number of para-hydroxylation sites is 2. The molecule has 1 aliphatic rings. The van der Waals surface area contributed by atoms with Gasteiger partial charge in [0.1, 0.15) is 6.04 Å². The molecule has 0 radical (unpaired) electrons. The Morgan fingerprint density at radius 2 is 2.14 bits per heavy atom. The number of ether oxygens (including phenoxy) is 1. The Hall–Kier alpha value is -2.41. The van der Waals surface area contributed by atoms with Gasteiger partial charge in [-0.25, -0.2) is 9.97 Å². The van der Waals surface area contributed by atoms with Crippen molar-refractivity contribution in [3.05, 3.63) is 24.3 Å². The SMILES string of the molecule is CCOc1nc2ccccc2nc1N1CCNC(C(=O)O)C1. The van der Waals surface area contributed by atoms with Gasteiger partial charge in [0.05, 0.1) is 17.6 Å². The van der Waals surface area contributed by atoms with Crippen LogP contribution in [0.5, 0.6) is 5.88 Å². The number of benzene rings is 1. The van der Waals surface area contributed by atoms with Gasteiger partial charge in [-0.15, -0.1) is 0 Å². The van der Waals surface area contributed by atoms with E-state index in [1.807, 2.05) is 36.1 Å². The van der Waals surface area contributed by atoms with Gasteiger partial charge >= 0.3 is 5.97 Å². The van der Waals surface area contributed by atoms with Crippen LogP contribution in [0.4, 0.5) is 5.82 Å². The molecule has 3 rings (SSSR count). The Labute approximate surface area is 127 Å². The Bertz CT molecular complexity index is 692. The summed E-state index contributed by atoms with van der Waals surface area (Å²) < 4.78 is 5.61. The van der Waals surface area contributed by atoms with E-state index in [1.54, 1.807) is 0 Å². The lowest BCUT2D eigenvalue weighted by Gasteiger charge is -2.32. The molecule has 7 nitrogen and oxygen atoms in total. The number of nitrogens with one attached hydrogen (secondary N) is 1. The van der Waals surface area contributed by atoms with E-state index >= 15 is 0 Å². The first-order valence-corrected chi connectivity index (χ1v) is 7.29. The summed E-state index contributed by atoms with van der Waals surface area (Å²) >= 11 is 0. The van der Waals surface area contributed by atoms with Crippen molar-refractivity contribution in [2.45, 2.75) is 13.0 Å². The third kappa shape index (κ3) is 2.80. The summed E-state index contributed by atoms with van der Waals surface area (Å²) in [6.07, 6.45) is 0. The molecule has 7 heteroatoms. The van der Waals surface area contributed by atoms with Gasteiger partial charge in [0, 0.05) is 19.6 Å². The summed E-state index contributed by atoms with van der Waals surface area (Å²) in [7, 11) is 0. The molecule has 1 saturated heterocycles. The minimum absolute atomic E-state index is 0.336. The van der Waals surface area contributed by atoms with Crippen molar-refractivity contribution in [1.29, 1.82) is 0 Å². The molecule has 116 valence electrons. The molecule has 22 heavy (non-hydrogen) atoms. The molecule has 1 aromatic heterocycles. The lowest BCUT2D eigenvalue weighted by atomic mass is 10.2. The molecular formula is C15H18N4O3. The standard InChI is InChI=1S/C15H18N4O3/c1-2-22-14-13(17-10-5-3-4-6-11(10)18-14)19-8-7-16-12(9-19)15(20)21/h3-6,12,16H,2,7-9H2,1H3,(H,20,21). The third-order valence-electron chi connectivity index (χ3n) is 3.58. The van der Waals surface area contributed by atoms with E-state index in [0.29, 0.717) is 37.9 Å². The van der Waals surface area contributed by atoms with Gasteiger partial charge in [-0.1, -0.05) is 12.1 Å². The zero-order chi connectivity index (χ0) is 15.5. The minimum atomic E-state index is -0.864. The second kappa shape index (κ2) is 6.15. The number of anilines is 1. The average Bonchev–Trinajstić information content (AvgIpc) is 2.54. The quantitative estimate of drug-likeness (QED) is 0.867. The number of aromatic nitrogens is 2. The van der Waals surface area contributed by atoms with Gasteiger partial charge in [0.15, 0.2) is 5.82 Å². The van der Waals surface area contributed by atoms with Crippen LogP contribution < -0.4 is 15.0 Å². The maximum Gasteiger partial charge on any atom is 0.322 e. The van der Waals surface area contributed by atoms with Crippen molar-refractivity contribution in [2.75, 3.05) is 31.1 Å². The number of carboxylic acids is 1. The van der Waals surface area contributed by atoms with Gasteiger partial charge in [0.2, 0.25) is 0 Å². The van der Waals surface area contributed by atoms with E-state index in [9.17, 15) is 9.90 Å². The van der Waals surface area contributed by atoms with Crippen molar-refractivity contribution >= 4 is 22.8 Å². The second-order valence-corrected chi connectivity index (χ2v) is 5.07. The highest BCUT2D eigenvalue weighted by atomic mass is 16.5. The summed E-state index contributed by atoms with van der Waals surface area (Å²) in [5.41, 5.74) is 1.53. The molecule has 0 amide bonds. The summed E-state index contributed by atoms with van der Waals surface area (Å²) in [6, 6.07) is 6.96. The third-order valence-corrected chi connectivity index (χ3v) is 3.58. The molecule has 1 aliphatic heterocycles. The van der Waals surface area contributed by atoms with Gasteiger partial charge in [-0.2, -0.15) is 0 Å². The summed E-state index contributed by atoms with van der Waals surface area (Å²) in [6.45, 7) is 3.95. The molecule has 0 saturated carbocycles. The molecule has 1 atom stereocenters. The number of rotatable bonds is 4. The lowest BCUT2D eigenvalue weighted by molar-refractivity contribution is -0.139. The van der Waals surface area contributed by atoms with Gasteiger partial charge < -0.3 is 20.1 Å². The average molecular weight is 302 g/mol. The fourth-order valence-electron chi connectivity index (χ4n) is 2.52. The van der Waals surface area contributed by atoms with Gasteiger partial charge in [-0.3, -0.25) is 4.79 Å². The number of hydrogen-bond acceptors (Lipinski definition) is 6. The van der Waals surface area contributed by atoms with E-state index in [2.05, 4.69) is 15.3 Å². The first-order valence-electron chi connectivity index (χ1n) is 7.29. The van der Waals surface area contributed by atoms with E-state index < -0.39 is 12.0 Å². The number of aliphatic carboxylic acids is 1. The number of carboxylic acid groups (broad SMARTS) is 1. The van der Waals surface area contributed by atoms with Crippen LogP contribution in [0.25, 0.3) is 11.0 Å². The zero-order valence-corrected chi connectivity index (χ0v) is 12.3. The van der Waals surface area contributed by atoms with Crippen LogP contribution >= 0.6 is 0 Å². The molecule has 1 unspecified atom stereocenters. The maximum atomic E-state index is 11.2. The van der Waals surface area contributed by atoms with Crippen molar-refractivity contribution in [2.24, 2.45) is 0 Å². The Morgan fingerprint density at radius 3 is 2.82 bits per heavy atom. The van der Waals surface area contributed by atoms with E-state index in [4.69, 9.17) is 4.74 Å². The summed E-state index contributed by atoms with van der Waals surface area (Å²) in [5.74, 6) is 0.192. The van der Waals surface area contributed by atoms with Crippen LogP contribution in [0.15, 0.2) is 24.3 Å². The monoisotopic (exact) mass is 302 g/mol. The Morgan fingerprint density at radius 1 is 1.41 bits per heavy atom. The molecular weight excluding hydrogens is 284 g/mol. The minimum Gasteiger partial charge on any atom is -0.480 e. The van der Waals surface area contributed by atoms with Crippen LogP contribution in [0.1, 0.15) is 6.92 Å². The normalized spacial score (nSPS) is 18.4. The van der Waals surface area contributed by atoms with Crippen molar-refractivity contribution < 1.29 is 14.6 Å². The number of hydrogen-bond donors (Lipinski definition) is 2. The fourth-order valence-corrected chi connectivity index (χ4v) is 2.52. The smallest absolute Gasteiger partial charge is 0.322 e. The zero-order valence-electron chi connectivity index (χ0n) is 12.3. The lowest BCUT2D eigenvalue weighted by Crippen LogP contribution is -2.54. The number of carbonyl (C=O) groups is 1. The molecule has 0 bridgehead atoms. The first kappa shape index (κ1) is 14.5. The predicted octanol–water partition coefficient (Wildman–Crippen LogP) is 0.891. The fraction of sp³-hybridized carbons (Fsp3) is 0.400. The Balaban J connectivity index is 2.00. The number of piperazine rings is 1. The van der Waals surface area contributed by atoms with Crippen LogP contribution in [0.3, 0.4) is 0 Å². The molecule has 0 aliphatic carbocycles. The molecule has 1 aromatic carbocycles. The Kier molecular flexibility index (Phi) is 4.06. The molecule has 0 spiro atoms. The number of fused-ring (bicyclic) bond motifs is 1.